The van der Waals surface area contributed by atoms with E-state index in [-0.39, 0.29) is 12.5 Å². The highest BCUT2D eigenvalue weighted by molar-refractivity contribution is 5.87. The summed E-state index contributed by atoms with van der Waals surface area (Å²) in [5, 5.41) is 6.19. The van der Waals surface area contributed by atoms with Crippen molar-refractivity contribution in [1.29, 1.82) is 0 Å². The van der Waals surface area contributed by atoms with Crippen molar-refractivity contribution in [2.24, 2.45) is 4.99 Å². The van der Waals surface area contributed by atoms with Gasteiger partial charge in [-0.1, -0.05) is 30.3 Å². The van der Waals surface area contributed by atoms with Crippen molar-refractivity contribution >= 4 is 11.9 Å². The predicted molar refractivity (Wildman–Crippen MR) is 75.8 cm³/mol. The number of hydrogen-bond acceptors (Lipinski definition) is 4. The minimum absolute atomic E-state index is 0.0490. The standard InChI is InChI=1S/C14H20N4O/c1-11-8-15-14(17-11)16-9-13(19)18(2)10-12-6-4-3-5-7-12/h3-7,11H,8-10H2,1-2H3,(H2,15,16,17). The van der Waals surface area contributed by atoms with Crippen molar-refractivity contribution in [3.05, 3.63) is 35.9 Å². The zero-order valence-electron chi connectivity index (χ0n) is 11.4. The number of likely N-dealkylation sites (N-methyl/N-ethyl adjacent to an activating group) is 1. The molecule has 2 N–H and O–H groups in total. The lowest BCUT2D eigenvalue weighted by atomic mass is 10.2. The minimum Gasteiger partial charge on any atom is -0.352 e. The molecule has 1 atom stereocenters. The highest BCUT2D eigenvalue weighted by atomic mass is 16.2. The fraction of sp³-hybridized carbons (Fsp3) is 0.429. The lowest BCUT2D eigenvalue weighted by Gasteiger charge is -2.18. The first-order chi connectivity index (χ1) is 9.15. The molecular formula is C14H20N4O. The van der Waals surface area contributed by atoms with Crippen molar-refractivity contribution in [3.63, 3.8) is 0 Å². The number of amides is 1. The van der Waals surface area contributed by atoms with Crippen LogP contribution in [-0.2, 0) is 11.3 Å². The van der Waals surface area contributed by atoms with E-state index >= 15 is 0 Å². The van der Waals surface area contributed by atoms with Crippen LogP contribution in [0.4, 0.5) is 0 Å². The maximum Gasteiger partial charge on any atom is 0.242 e. The van der Waals surface area contributed by atoms with Crippen LogP contribution in [0.15, 0.2) is 35.3 Å². The summed E-state index contributed by atoms with van der Waals surface area (Å²) in [5.41, 5.74) is 1.13. The molecule has 0 spiro atoms. The fourth-order valence-electron chi connectivity index (χ4n) is 1.90. The third-order valence-corrected chi connectivity index (χ3v) is 3.00. The Bertz CT molecular complexity index is 458. The van der Waals surface area contributed by atoms with Crippen LogP contribution in [-0.4, -0.2) is 42.9 Å². The SMILES string of the molecule is CC1CN=C(NCC(=O)N(C)Cc2ccccc2)N1. The first kappa shape index (κ1) is 13.4. The Kier molecular flexibility index (Phi) is 4.39. The number of carbonyl (C=O) groups is 1. The maximum atomic E-state index is 12.0. The van der Waals surface area contributed by atoms with Crippen LogP contribution in [0.2, 0.25) is 0 Å². The third-order valence-electron chi connectivity index (χ3n) is 3.00. The average Bonchev–Trinajstić information content (AvgIpc) is 2.83. The molecule has 1 unspecified atom stereocenters. The van der Waals surface area contributed by atoms with Crippen molar-refractivity contribution in [1.82, 2.24) is 15.5 Å². The topological polar surface area (TPSA) is 56.7 Å². The molecule has 5 heteroatoms. The first-order valence-corrected chi connectivity index (χ1v) is 6.48. The van der Waals surface area contributed by atoms with Gasteiger partial charge in [-0.15, -0.1) is 0 Å². The molecule has 0 radical (unpaired) electrons. The summed E-state index contributed by atoms with van der Waals surface area (Å²) in [7, 11) is 1.81. The molecule has 19 heavy (non-hydrogen) atoms. The van der Waals surface area contributed by atoms with Crippen molar-refractivity contribution in [2.45, 2.75) is 19.5 Å². The number of guanidine groups is 1. The second kappa shape index (κ2) is 6.22. The molecule has 102 valence electrons. The monoisotopic (exact) mass is 260 g/mol. The lowest BCUT2D eigenvalue weighted by Crippen LogP contribution is -2.43. The van der Waals surface area contributed by atoms with E-state index in [4.69, 9.17) is 0 Å². The predicted octanol–water partition coefficient (Wildman–Crippen LogP) is 0.582. The third kappa shape index (κ3) is 3.98. The van der Waals surface area contributed by atoms with Crippen molar-refractivity contribution in [2.75, 3.05) is 20.1 Å². The fourth-order valence-corrected chi connectivity index (χ4v) is 1.90. The molecule has 1 heterocycles. The smallest absolute Gasteiger partial charge is 0.242 e. The molecule has 1 aromatic carbocycles. The molecule has 0 fully saturated rings. The Hall–Kier alpha value is -2.04. The van der Waals surface area contributed by atoms with Crippen LogP contribution in [0, 0.1) is 0 Å². The second-order valence-corrected chi connectivity index (χ2v) is 4.82. The summed E-state index contributed by atoms with van der Waals surface area (Å²) in [5.74, 6) is 0.766. The quantitative estimate of drug-likeness (QED) is 0.833. The molecular weight excluding hydrogens is 240 g/mol. The Labute approximate surface area is 113 Å². The Morgan fingerprint density at radius 1 is 1.47 bits per heavy atom. The van der Waals surface area contributed by atoms with Gasteiger partial charge in [0.25, 0.3) is 0 Å². The molecule has 0 saturated carbocycles. The Morgan fingerprint density at radius 3 is 2.84 bits per heavy atom. The van der Waals surface area contributed by atoms with Crippen LogP contribution in [0.3, 0.4) is 0 Å². The number of benzene rings is 1. The molecule has 0 aliphatic carbocycles. The summed E-state index contributed by atoms with van der Waals surface area (Å²) in [4.78, 5) is 17.9. The van der Waals surface area contributed by atoms with Gasteiger partial charge < -0.3 is 15.5 Å². The lowest BCUT2D eigenvalue weighted by molar-refractivity contribution is -0.129. The van der Waals surface area contributed by atoms with Crippen LogP contribution in [0.1, 0.15) is 12.5 Å². The number of carbonyl (C=O) groups excluding carboxylic acids is 1. The van der Waals surface area contributed by atoms with Gasteiger partial charge in [0.2, 0.25) is 5.91 Å². The van der Waals surface area contributed by atoms with Gasteiger partial charge in [0.1, 0.15) is 0 Å². The number of nitrogens with zero attached hydrogens (tertiary/aromatic N) is 2. The number of hydrogen-bond donors (Lipinski definition) is 2. The van der Waals surface area contributed by atoms with Gasteiger partial charge in [-0.05, 0) is 12.5 Å². The van der Waals surface area contributed by atoms with Gasteiger partial charge in [0.05, 0.1) is 13.1 Å². The molecule has 1 aliphatic heterocycles. The summed E-state index contributed by atoms with van der Waals surface area (Å²) in [6.45, 7) is 3.71. The van der Waals surface area contributed by atoms with Crippen LogP contribution in [0.5, 0.6) is 0 Å². The summed E-state index contributed by atoms with van der Waals surface area (Å²) in [6, 6.07) is 10.3. The van der Waals surface area contributed by atoms with Crippen LogP contribution < -0.4 is 10.6 Å². The molecule has 0 bridgehead atoms. The van der Waals surface area contributed by atoms with Gasteiger partial charge in [-0.25, -0.2) is 0 Å². The van der Waals surface area contributed by atoms with E-state index in [9.17, 15) is 4.79 Å². The van der Waals surface area contributed by atoms with Crippen LogP contribution >= 0.6 is 0 Å². The van der Waals surface area contributed by atoms with E-state index in [2.05, 4.69) is 22.5 Å². The van der Waals surface area contributed by atoms with Gasteiger partial charge >= 0.3 is 0 Å². The zero-order valence-corrected chi connectivity index (χ0v) is 11.4. The second-order valence-electron chi connectivity index (χ2n) is 4.82. The van der Waals surface area contributed by atoms with E-state index in [1.807, 2.05) is 37.4 Å². The van der Waals surface area contributed by atoms with Crippen molar-refractivity contribution < 1.29 is 4.79 Å². The molecule has 2 rings (SSSR count). The molecule has 1 aromatic rings. The molecule has 1 aliphatic rings. The van der Waals surface area contributed by atoms with Crippen molar-refractivity contribution in [3.8, 4) is 0 Å². The normalized spacial score (nSPS) is 17.6. The number of nitrogens with one attached hydrogen (secondary N) is 2. The zero-order chi connectivity index (χ0) is 13.7. The van der Waals surface area contributed by atoms with E-state index in [0.717, 1.165) is 12.1 Å². The minimum atomic E-state index is 0.0490. The van der Waals surface area contributed by atoms with Gasteiger partial charge in [-0.3, -0.25) is 9.79 Å². The summed E-state index contributed by atoms with van der Waals surface area (Å²) in [6.07, 6.45) is 0. The number of aliphatic imine (C=N–C) groups is 1. The molecule has 5 nitrogen and oxygen atoms in total. The van der Waals surface area contributed by atoms with Gasteiger partial charge in [0.15, 0.2) is 5.96 Å². The van der Waals surface area contributed by atoms with E-state index in [0.29, 0.717) is 18.5 Å². The highest BCUT2D eigenvalue weighted by Crippen LogP contribution is 2.02. The summed E-state index contributed by atoms with van der Waals surface area (Å²) >= 11 is 0. The van der Waals surface area contributed by atoms with Gasteiger partial charge in [-0.2, -0.15) is 0 Å². The summed E-state index contributed by atoms with van der Waals surface area (Å²) < 4.78 is 0. The average molecular weight is 260 g/mol. The molecule has 1 amide bonds. The first-order valence-electron chi connectivity index (χ1n) is 6.48. The number of rotatable bonds is 4. The highest BCUT2D eigenvalue weighted by Gasteiger charge is 2.14. The Morgan fingerprint density at radius 2 is 2.21 bits per heavy atom. The Balaban J connectivity index is 1.77. The molecule has 0 aromatic heterocycles. The van der Waals surface area contributed by atoms with E-state index in [1.54, 1.807) is 4.90 Å². The maximum absolute atomic E-state index is 12.0. The largest absolute Gasteiger partial charge is 0.352 e. The van der Waals surface area contributed by atoms with E-state index < -0.39 is 0 Å². The van der Waals surface area contributed by atoms with E-state index in [1.165, 1.54) is 0 Å². The van der Waals surface area contributed by atoms with Crippen LogP contribution in [0.25, 0.3) is 0 Å². The molecule has 0 saturated heterocycles. The van der Waals surface area contributed by atoms with Gasteiger partial charge in [0, 0.05) is 19.6 Å².